The van der Waals surface area contributed by atoms with E-state index in [4.69, 9.17) is 5.73 Å². The van der Waals surface area contributed by atoms with Crippen molar-refractivity contribution >= 4 is 39.1 Å². The molecular formula is C10H13BrN2O2S. The van der Waals surface area contributed by atoms with Crippen molar-refractivity contribution in [1.29, 1.82) is 0 Å². The maximum atomic E-state index is 11.2. The van der Waals surface area contributed by atoms with E-state index in [2.05, 4.69) is 21.2 Å². The molecule has 0 aliphatic heterocycles. The number of carbonyl (C=O) groups excluding carboxylic acids is 2. The van der Waals surface area contributed by atoms with Gasteiger partial charge >= 0.3 is 0 Å². The molecule has 0 aromatic carbocycles. The van der Waals surface area contributed by atoms with E-state index in [1.165, 1.54) is 4.88 Å². The Balaban J connectivity index is 2.15. The normalized spacial score (nSPS) is 10.1. The van der Waals surface area contributed by atoms with Gasteiger partial charge in [-0.25, -0.2) is 0 Å². The molecule has 0 aliphatic rings. The monoisotopic (exact) mass is 304 g/mol. The van der Waals surface area contributed by atoms with Crippen molar-refractivity contribution in [1.82, 2.24) is 5.32 Å². The molecule has 4 nitrogen and oxygen atoms in total. The lowest BCUT2D eigenvalue weighted by molar-refractivity contribution is -0.124. The van der Waals surface area contributed by atoms with Crippen molar-refractivity contribution in [2.45, 2.75) is 19.3 Å². The fourth-order valence-corrected chi connectivity index (χ4v) is 2.71. The molecule has 0 aliphatic carbocycles. The Hall–Kier alpha value is -0.880. The van der Waals surface area contributed by atoms with Gasteiger partial charge < -0.3 is 11.1 Å². The molecule has 0 radical (unpaired) electrons. The summed E-state index contributed by atoms with van der Waals surface area (Å²) in [5.74, 6) is -0.648. The Bertz CT molecular complexity index is 379. The van der Waals surface area contributed by atoms with Crippen LogP contribution in [-0.2, 0) is 16.0 Å². The van der Waals surface area contributed by atoms with Gasteiger partial charge in [0.1, 0.15) is 0 Å². The molecule has 1 rings (SSSR count). The van der Waals surface area contributed by atoms with E-state index in [-0.39, 0.29) is 12.5 Å². The summed E-state index contributed by atoms with van der Waals surface area (Å²) in [6, 6.07) is 4.03. The Morgan fingerprint density at radius 2 is 2.19 bits per heavy atom. The van der Waals surface area contributed by atoms with E-state index in [1.807, 2.05) is 12.1 Å². The summed E-state index contributed by atoms with van der Waals surface area (Å²) >= 11 is 5.05. The molecule has 2 amide bonds. The van der Waals surface area contributed by atoms with Gasteiger partial charge in [-0.3, -0.25) is 9.59 Å². The fraction of sp³-hybridized carbons (Fsp3) is 0.400. The summed E-state index contributed by atoms with van der Waals surface area (Å²) in [6.07, 6.45) is 2.07. The Kier molecular flexibility index (Phi) is 5.48. The second kappa shape index (κ2) is 6.65. The number of hydrogen-bond donors (Lipinski definition) is 2. The first kappa shape index (κ1) is 13.2. The standard InChI is InChI=1S/C10H13BrN2O2S/c11-8-5-4-7(16-8)2-1-3-10(15)13-6-9(12)14/h4-5H,1-3,6H2,(H2,12,14)(H,13,15). The summed E-state index contributed by atoms with van der Waals surface area (Å²) in [4.78, 5) is 22.9. The summed E-state index contributed by atoms with van der Waals surface area (Å²) in [5, 5.41) is 2.45. The molecule has 1 heterocycles. The van der Waals surface area contributed by atoms with Gasteiger partial charge in [0.05, 0.1) is 10.3 Å². The molecule has 0 saturated carbocycles. The minimum atomic E-state index is -0.518. The van der Waals surface area contributed by atoms with Gasteiger partial charge in [0, 0.05) is 11.3 Å². The van der Waals surface area contributed by atoms with Crippen LogP contribution >= 0.6 is 27.3 Å². The summed E-state index contributed by atoms with van der Waals surface area (Å²) < 4.78 is 1.10. The average Bonchev–Trinajstić information content (AvgIpc) is 2.61. The third-order valence-corrected chi connectivity index (χ3v) is 3.60. The number of carbonyl (C=O) groups is 2. The SMILES string of the molecule is NC(=O)CNC(=O)CCCc1ccc(Br)s1. The maximum Gasteiger partial charge on any atom is 0.236 e. The van der Waals surface area contributed by atoms with Gasteiger partial charge in [-0.05, 0) is 40.9 Å². The molecule has 16 heavy (non-hydrogen) atoms. The zero-order valence-corrected chi connectivity index (χ0v) is 11.1. The number of hydrogen-bond acceptors (Lipinski definition) is 3. The predicted octanol–water partition coefficient (Wildman–Crippen LogP) is 1.43. The van der Waals surface area contributed by atoms with Crippen molar-refractivity contribution in [2.75, 3.05) is 6.54 Å². The van der Waals surface area contributed by atoms with Crippen molar-refractivity contribution in [3.63, 3.8) is 0 Å². The maximum absolute atomic E-state index is 11.2. The fourth-order valence-electron chi connectivity index (χ4n) is 1.18. The quantitative estimate of drug-likeness (QED) is 0.834. The average molecular weight is 305 g/mol. The lowest BCUT2D eigenvalue weighted by Gasteiger charge is -2.01. The molecule has 0 saturated heterocycles. The number of primary amides is 1. The van der Waals surface area contributed by atoms with E-state index in [9.17, 15) is 9.59 Å². The van der Waals surface area contributed by atoms with Gasteiger partial charge in [0.2, 0.25) is 11.8 Å². The van der Waals surface area contributed by atoms with E-state index in [0.717, 1.165) is 16.6 Å². The van der Waals surface area contributed by atoms with Gasteiger partial charge in [-0.2, -0.15) is 0 Å². The highest BCUT2D eigenvalue weighted by Crippen LogP contribution is 2.23. The Morgan fingerprint density at radius 1 is 1.44 bits per heavy atom. The third kappa shape index (κ3) is 5.27. The molecule has 88 valence electrons. The van der Waals surface area contributed by atoms with Crippen LogP contribution in [0.2, 0.25) is 0 Å². The molecule has 0 fully saturated rings. The minimum Gasteiger partial charge on any atom is -0.368 e. The third-order valence-electron chi connectivity index (χ3n) is 1.92. The summed E-state index contributed by atoms with van der Waals surface area (Å²) in [5.41, 5.74) is 4.91. The van der Waals surface area contributed by atoms with Crippen molar-refractivity contribution in [2.24, 2.45) is 5.73 Å². The first-order valence-electron chi connectivity index (χ1n) is 4.87. The second-order valence-electron chi connectivity index (χ2n) is 3.30. The Labute approximate surface area is 106 Å². The highest BCUT2D eigenvalue weighted by atomic mass is 79.9. The smallest absolute Gasteiger partial charge is 0.236 e. The van der Waals surface area contributed by atoms with E-state index in [0.29, 0.717) is 6.42 Å². The molecule has 0 atom stereocenters. The van der Waals surface area contributed by atoms with Crippen LogP contribution in [0, 0.1) is 0 Å². The lowest BCUT2D eigenvalue weighted by Crippen LogP contribution is -2.33. The molecule has 1 aromatic heterocycles. The molecule has 0 unspecified atom stereocenters. The molecule has 3 N–H and O–H groups in total. The number of thiophene rings is 1. The minimum absolute atomic E-state index is 0.0800. The number of nitrogens with two attached hydrogens (primary N) is 1. The van der Waals surface area contributed by atoms with E-state index < -0.39 is 5.91 Å². The molecule has 1 aromatic rings. The zero-order valence-electron chi connectivity index (χ0n) is 8.66. The van der Waals surface area contributed by atoms with E-state index >= 15 is 0 Å². The second-order valence-corrected chi connectivity index (χ2v) is 5.85. The molecule has 6 heteroatoms. The van der Waals surface area contributed by atoms with Crippen LogP contribution in [0.4, 0.5) is 0 Å². The Morgan fingerprint density at radius 3 is 2.75 bits per heavy atom. The predicted molar refractivity (Wildman–Crippen MR) is 67.2 cm³/mol. The molecule has 0 spiro atoms. The van der Waals surface area contributed by atoms with Crippen LogP contribution in [0.5, 0.6) is 0 Å². The largest absolute Gasteiger partial charge is 0.368 e. The summed E-state index contributed by atoms with van der Waals surface area (Å²) in [7, 11) is 0. The lowest BCUT2D eigenvalue weighted by atomic mass is 10.2. The van der Waals surface area contributed by atoms with Crippen LogP contribution in [0.25, 0.3) is 0 Å². The number of halogens is 1. The van der Waals surface area contributed by atoms with Crippen LogP contribution in [0.1, 0.15) is 17.7 Å². The highest BCUT2D eigenvalue weighted by Gasteiger charge is 2.03. The van der Waals surface area contributed by atoms with Crippen molar-refractivity contribution in [3.8, 4) is 0 Å². The highest BCUT2D eigenvalue weighted by molar-refractivity contribution is 9.11. The van der Waals surface area contributed by atoms with Gasteiger partial charge in [-0.1, -0.05) is 0 Å². The van der Waals surface area contributed by atoms with Gasteiger partial charge in [0.25, 0.3) is 0 Å². The zero-order chi connectivity index (χ0) is 12.0. The van der Waals surface area contributed by atoms with Crippen molar-refractivity contribution in [3.05, 3.63) is 20.8 Å². The number of amides is 2. The molecule has 0 bridgehead atoms. The first-order valence-corrected chi connectivity index (χ1v) is 6.48. The molecular weight excluding hydrogens is 292 g/mol. The van der Waals surface area contributed by atoms with Gasteiger partial charge in [0.15, 0.2) is 0 Å². The van der Waals surface area contributed by atoms with Crippen LogP contribution in [0.15, 0.2) is 15.9 Å². The van der Waals surface area contributed by atoms with Crippen molar-refractivity contribution < 1.29 is 9.59 Å². The van der Waals surface area contributed by atoms with Crippen LogP contribution < -0.4 is 11.1 Å². The summed E-state index contributed by atoms with van der Waals surface area (Å²) in [6.45, 7) is -0.0800. The first-order chi connectivity index (χ1) is 7.58. The number of aryl methyl sites for hydroxylation is 1. The topological polar surface area (TPSA) is 72.2 Å². The van der Waals surface area contributed by atoms with Gasteiger partial charge in [-0.15, -0.1) is 11.3 Å². The van der Waals surface area contributed by atoms with Crippen LogP contribution in [-0.4, -0.2) is 18.4 Å². The van der Waals surface area contributed by atoms with Crippen LogP contribution in [0.3, 0.4) is 0 Å². The number of rotatable bonds is 6. The number of nitrogens with one attached hydrogen (secondary N) is 1. The van der Waals surface area contributed by atoms with E-state index in [1.54, 1.807) is 11.3 Å².